The Kier molecular flexibility index (Phi) is 5.28. The van der Waals surface area contributed by atoms with Gasteiger partial charge in [0.15, 0.2) is 0 Å². The van der Waals surface area contributed by atoms with Crippen LogP contribution in [0.3, 0.4) is 0 Å². The number of aliphatic hydroxyl groups is 1. The van der Waals surface area contributed by atoms with Crippen molar-refractivity contribution in [3.8, 4) is 5.75 Å². The summed E-state index contributed by atoms with van der Waals surface area (Å²) in [5.41, 5.74) is 1.49. The highest BCUT2D eigenvalue weighted by atomic mass is 16.5. The maximum Gasteiger partial charge on any atom is 0.295 e. The van der Waals surface area contributed by atoms with Crippen molar-refractivity contribution in [3.63, 3.8) is 0 Å². The molecular formula is C25H25N3O5. The molecule has 2 aliphatic rings. The first-order valence-corrected chi connectivity index (χ1v) is 11.0. The van der Waals surface area contributed by atoms with E-state index >= 15 is 0 Å². The van der Waals surface area contributed by atoms with Gasteiger partial charge in [-0.05, 0) is 56.2 Å². The lowest BCUT2D eigenvalue weighted by atomic mass is 9.97. The van der Waals surface area contributed by atoms with E-state index in [9.17, 15) is 14.7 Å². The zero-order chi connectivity index (χ0) is 23.1. The molecule has 1 saturated heterocycles. The third kappa shape index (κ3) is 3.82. The fourth-order valence-corrected chi connectivity index (χ4v) is 4.57. The van der Waals surface area contributed by atoms with Crippen LogP contribution < -0.4 is 4.74 Å². The lowest BCUT2D eigenvalue weighted by molar-refractivity contribution is -0.140. The number of benzene rings is 1. The van der Waals surface area contributed by atoms with Gasteiger partial charge in [0.05, 0.1) is 11.9 Å². The Bertz CT molecular complexity index is 1240. The summed E-state index contributed by atoms with van der Waals surface area (Å²) < 4.78 is 13.5. The number of aryl methyl sites for hydroxylation is 2. The number of ether oxygens (including phenoxy) is 1. The van der Waals surface area contributed by atoms with Crippen LogP contribution in [0.5, 0.6) is 5.75 Å². The number of ketones is 1. The molecule has 1 amide bonds. The number of aromatic nitrogens is 2. The Hall–Kier alpha value is -3.81. The zero-order valence-corrected chi connectivity index (χ0v) is 18.5. The minimum absolute atomic E-state index is 0.0453. The van der Waals surface area contributed by atoms with Crippen LogP contribution in [-0.2, 0) is 22.6 Å². The number of nitrogens with zero attached hydrogens (tertiary/aromatic N) is 3. The predicted molar refractivity (Wildman–Crippen MR) is 120 cm³/mol. The standard InChI is InChI=1S/C25H25N3O5/c1-15-4-6-20(32-15)22-21(23(29)17-5-7-19-18(13-17)12-16(2)33-19)24(30)25(31)28(22)10-3-9-27-11-8-26-14-27/h4-8,11,13-14,16,22,29H,3,9-10,12H2,1-2H3/t16-,22-/m1/s1. The molecule has 1 fully saturated rings. The largest absolute Gasteiger partial charge is 0.507 e. The van der Waals surface area contributed by atoms with Gasteiger partial charge in [-0.3, -0.25) is 9.59 Å². The molecule has 0 unspecified atom stereocenters. The van der Waals surface area contributed by atoms with Crippen molar-refractivity contribution in [2.75, 3.05) is 6.54 Å². The topological polar surface area (TPSA) is 97.8 Å². The number of fused-ring (bicyclic) bond motifs is 1. The summed E-state index contributed by atoms with van der Waals surface area (Å²) in [6.45, 7) is 4.76. The summed E-state index contributed by atoms with van der Waals surface area (Å²) in [4.78, 5) is 31.6. The highest BCUT2D eigenvalue weighted by Gasteiger charge is 2.47. The molecule has 1 N–H and O–H groups in total. The van der Waals surface area contributed by atoms with E-state index in [0.717, 1.165) is 17.7 Å². The Morgan fingerprint density at radius 1 is 1.21 bits per heavy atom. The molecule has 2 aromatic heterocycles. The molecule has 3 aromatic rings. The molecule has 4 heterocycles. The van der Waals surface area contributed by atoms with Crippen molar-refractivity contribution < 1.29 is 23.8 Å². The minimum Gasteiger partial charge on any atom is -0.507 e. The van der Waals surface area contributed by atoms with Crippen molar-refractivity contribution in [2.24, 2.45) is 0 Å². The zero-order valence-electron chi connectivity index (χ0n) is 18.5. The van der Waals surface area contributed by atoms with E-state index in [-0.39, 0.29) is 17.4 Å². The van der Waals surface area contributed by atoms with Gasteiger partial charge in [0, 0.05) is 37.5 Å². The fraction of sp³-hybridized carbons (Fsp3) is 0.320. The summed E-state index contributed by atoms with van der Waals surface area (Å²) >= 11 is 0. The number of amides is 1. The van der Waals surface area contributed by atoms with Gasteiger partial charge in [-0.2, -0.15) is 0 Å². The van der Waals surface area contributed by atoms with Crippen molar-refractivity contribution >= 4 is 17.4 Å². The number of hydrogen-bond donors (Lipinski definition) is 1. The molecule has 5 rings (SSSR count). The monoisotopic (exact) mass is 447 g/mol. The Morgan fingerprint density at radius 3 is 2.79 bits per heavy atom. The summed E-state index contributed by atoms with van der Waals surface area (Å²) in [5, 5.41) is 11.2. The average Bonchev–Trinajstić information content (AvgIpc) is 3.57. The summed E-state index contributed by atoms with van der Waals surface area (Å²) in [7, 11) is 0. The van der Waals surface area contributed by atoms with Crippen LogP contribution in [0.1, 0.15) is 42.0 Å². The number of Topliss-reactive ketones (excluding diaryl/α,β-unsaturated/α-hetero) is 1. The van der Waals surface area contributed by atoms with E-state index in [0.29, 0.717) is 36.6 Å². The first-order valence-electron chi connectivity index (χ1n) is 11.0. The maximum absolute atomic E-state index is 13.1. The molecule has 0 radical (unpaired) electrons. The third-order valence-electron chi connectivity index (χ3n) is 6.11. The number of likely N-dealkylation sites (tertiary alicyclic amines) is 1. The van der Waals surface area contributed by atoms with Crippen LogP contribution in [-0.4, -0.2) is 43.9 Å². The molecule has 8 nitrogen and oxygen atoms in total. The summed E-state index contributed by atoms with van der Waals surface area (Å²) in [6.07, 6.45) is 6.65. The number of imidazole rings is 1. The fourth-order valence-electron chi connectivity index (χ4n) is 4.57. The van der Waals surface area contributed by atoms with Gasteiger partial charge in [-0.25, -0.2) is 4.98 Å². The van der Waals surface area contributed by atoms with Crippen LogP contribution in [0.4, 0.5) is 0 Å². The molecule has 33 heavy (non-hydrogen) atoms. The van der Waals surface area contributed by atoms with Crippen molar-refractivity contribution in [2.45, 2.75) is 45.4 Å². The number of carbonyl (C=O) groups is 2. The SMILES string of the molecule is Cc1ccc([C@@H]2C(=C(O)c3ccc4c(c3)C[C@@H](C)O4)C(=O)C(=O)N2CCCn2ccnc2)o1. The van der Waals surface area contributed by atoms with Gasteiger partial charge in [-0.1, -0.05) is 0 Å². The lowest BCUT2D eigenvalue weighted by Crippen LogP contribution is -2.31. The van der Waals surface area contributed by atoms with E-state index in [4.69, 9.17) is 9.15 Å². The van der Waals surface area contributed by atoms with Crippen molar-refractivity contribution in [3.05, 3.63) is 77.3 Å². The van der Waals surface area contributed by atoms with Gasteiger partial charge in [0.2, 0.25) is 0 Å². The molecule has 0 saturated carbocycles. The highest BCUT2D eigenvalue weighted by Crippen LogP contribution is 2.41. The number of aliphatic hydroxyl groups excluding tert-OH is 1. The second-order valence-electron chi connectivity index (χ2n) is 8.55. The number of furan rings is 1. The van der Waals surface area contributed by atoms with E-state index in [1.807, 2.05) is 23.8 Å². The second-order valence-corrected chi connectivity index (χ2v) is 8.55. The number of rotatable bonds is 6. The third-order valence-corrected chi connectivity index (χ3v) is 6.11. The van der Waals surface area contributed by atoms with Gasteiger partial charge >= 0.3 is 0 Å². The van der Waals surface area contributed by atoms with Crippen LogP contribution >= 0.6 is 0 Å². The van der Waals surface area contributed by atoms with E-state index in [1.54, 1.807) is 43.7 Å². The van der Waals surface area contributed by atoms with Crippen LogP contribution in [0.15, 0.2) is 59.0 Å². The van der Waals surface area contributed by atoms with Crippen LogP contribution in [0.25, 0.3) is 5.76 Å². The smallest absolute Gasteiger partial charge is 0.295 e. The predicted octanol–water partition coefficient (Wildman–Crippen LogP) is 3.62. The Balaban J connectivity index is 1.51. The molecule has 0 aliphatic carbocycles. The quantitative estimate of drug-likeness (QED) is 0.352. The molecule has 170 valence electrons. The van der Waals surface area contributed by atoms with Crippen LogP contribution in [0.2, 0.25) is 0 Å². The molecule has 2 aliphatic heterocycles. The number of carbonyl (C=O) groups excluding carboxylic acids is 2. The number of hydrogen-bond acceptors (Lipinski definition) is 6. The van der Waals surface area contributed by atoms with Gasteiger partial charge < -0.3 is 23.7 Å². The highest BCUT2D eigenvalue weighted by molar-refractivity contribution is 6.46. The molecule has 0 bridgehead atoms. The molecular weight excluding hydrogens is 422 g/mol. The average molecular weight is 447 g/mol. The van der Waals surface area contributed by atoms with Gasteiger partial charge in [0.25, 0.3) is 11.7 Å². The molecule has 8 heteroatoms. The molecule has 0 spiro atoms. The Morgan fingerprint density at radius 2 is 2.06 bits per heavy atom. The van der Waals surface area contributed by atoms with Crippen molar-refractivity contribution in [1.82, 2.24) is 14.5 Å². The van der Waals surface area contributed by atoms with E-state index < -0.39 is 17.7 Å². The molecule has 2 atom stereocenters. The minimum atomic E-state index is -0.787. The van der Waals surface area contributed by atoms with Gasteiger partial charge in [-0.15, -0.1) is 0 Å². The lowest BCUT2D eigenvalue weighted by Gasteiger charge is -2.23. The maximum atomic E-state index is 13.1. The first kappa shape index (κ1) is 21.1. The summed E-state index contributed by atoms with van der Waals surface area (Å²) in [5.74, 6) is 0.342. The van der Waals surface area contributed by atoms with Gasteiger partial charge in [0.1, 0.15) is 35.2 Å². The normalized spacial score (nSPS) is 21.5. The second kappa shape index (κ2) is 8.27. The van der Waals surface area contributed by atoms with Crippen LogP contribution in [0, 0.1) is 6.92 Å². The van der Waals surface area contributed by atoms with E-state index in [2.05, 4.69) is 4.98 Å². The van der Waals surface area contributed by atoms with Crippen molar-refractivity contribution in [1.29, 1.82) is 0 Å². The Labute approximate surface area is 191 Å². The summed E-state index contributed by atoms with van der Waals surface area (Å²) in [6, 6.07) is 8.08. The molecule has 1 aromatic carbocycles. The first-order chi connectivity index (χ1) is 15.9. The van der Waals surface area contributed by atoms with E-state index in [1.165, 1.54) is 4.90 Å².